The Morgan fingerprint density at radius 1 is 1.10 bits per heavy atom. The molecule has 0 saturated heterocycles. The van der Waals surface area contributed by atoms with Crippen LogP contribution in [0.15, 0.2) is 12.1 Å². The fraction of sp³-hybridized carbons (Fsp3) is 0.300. The summed E-state index contributed by atoms with van der Waals surface area (Å²) in [7, 11) is 0.719. The van der Waals surface area contributed by atoms with E-state index in [9.17, 15) is 41.3 Å². The van der Waals surface area contributed by atoms with Crippen LogP contribution in [0.25, 0.3) is 0 Å². The number of nitro groups is 1. The first-order valence-corrected chi connectivity index (χ1v) is 4.94. The number of hydrogen-bond donors (Lipinski definition) is 0. The number of esters is 1. The third-order valence-corrected chi connectivity index (χ3v) is 2.35. The van der Waals surface area contributed by atoms with Crippen LogP contribution in [0.3, 0.4) is 0 Å². The van der Waals surface area contributed by atoms with Crippen molar-refractivity contribution in [3.8, 4) is 0 Å². The van der Waals surface area contributed by atoms with Crippen molar-refractivity contribution >= 4 is 11.7 Å². The van der Waals surface area contributed by atoms with Gasteiger partial charge in [-0.3, -0.25) is 10.1 Å². The van der Waals surface area contributed by atoms with Crippen molar-refractivity contribution in [1.29, 1.82) is 0 Å². The van der Waals surface area contributed by atoms with Crippen LogP contribution in [-0.4, -0.2) is 18.0 Å². The van der Waals surface area contributed by atoms with E-state index in [0.717, 1.165) is 7.11 Å². The molecule has 116 valence electrons. The molecule has 0 aromatic heterocycles. The summed E-state index contributed by atoms with van der Waals surface area (Å²) in [6.07, 6.45) is -10.9. The molecule has 0 amide bonds. The van der Waals surface area contributed by atoms with Gasteiger partial charge in [-0.25, -0.2) is 4.79 Å². The first-order chi connectivity index (χ1) is 9.39. The topological polar surface area (TPSA) is 69.4 Å². The monoisotopic (exact) mass is 317 g/mol. The Bertz CT molecular complexity index is 592. The normalized spacial score (nSPS) is 12.1. The van der Waals surface area contributed by atoms with Crippen LogP contribution in [0.5, 0.6) is 0 Å². The maximum Gasteiger partial charge on any atom is 0.417 e. The first-order valence-electron chi connectivity index (χ1n) is 4.94. The lowest BCUT2D eigenvalue weighted by Gasteiger charge is -2.16. The molecule has 0 fully saturated rings. The molecule has 1 rings (SSSR count). The van der Waals surface area contributed by atoms with E-state index in [1.54, 1.807) is 0 Å². The molecule has 0 unspecified atom stereocenters. The van der Waals surface area contributed by atoms with Crippen LogP contribution < -0.4 is 0 Å². The number of ether oxygens (including phenoxy) is 1. The van der Waals surface area contributed by atoms with Gasteiger partial charge in [0.15, 0.2) is 0 Å². The standard InChI is InChI=1S/C10H5F6NO4/c1-21-8(18)4-2-5(9(11,12)13)6(10(14,15)16)3-7(4)17(19)20/h2-3H,1H3. The fourth-order valence-corrected chi connectivity index (χ4v) is 1.48. The molecule has 0 heterocycles. The number of methoxy groups -OCH3 is 1. The van der Waals surface area contributed by atoms with Crippen molar-refractivity contribution in [2.75, 3.05) is 7.11 Å². The minimum absolute atomic E-state index is 0.243. The molecular formula is C10H5F6NO4. The minimum Gasteiger partial charge on any atom is -0.465 e. The average molecular weight is 317 g/mol. The molecule has 11 heteroatoms. The lowest BCUT2D eigenvalue weighted by molar-refractivity contribution is -0.385. The van der Waals surface area contributed by atoms with Gasteiger partial charge in [0.25, 0.3) is 5.69 Å². The number of alkyl halides is 6. The highest BCUT2D eigenvalue weighted by atomic mass is 19.4. The predicted octanol–water partition coefficient (Wildman–Crippen LogP) is 3.42. The maximum atomic E-state index is 12.6. The summed E-state index contributed by atoms with van der Waals surface area (Å²) in [6.45, 7) is 0. The average Bonchev–Trinajstić information content (AvgIpc) is 2.33. The van der Waals surface area contributed by atoms with E-state index in [0.29, 0.717) is 0 Å². The summed E-state index contributed by atoms with van der Waals surface area (Å²) in [4.78, 5) is 20.4. The molecule has 0 spiro atoms. The van der Waals surface area contributed by atoms with Crippen molar-refractivity contribution < 1.29 is 40.8 Å². The van der Waals surface area contributed by atoms with Crippen molar-refractivity contribution in [2.45, 2.75) is 12.4 Å². The summed E-state index contributed by atoms with van der Waals surface area (Å²) in [5, 5.41) is 10.6. The third-order valence-electron chi connectivity index (χ3n) is 2.35. The molecule has 0 aliphatic carbocycles. The van der Waals surface area contributed by atoms with E-state index in [1.165, 1.54) is 0 Å². The van der Waals surface area contributed by atoms with Crippen LogP contribution in [0, 0.1) is 10.1 Å². The maximum absolute atomic E-state index is 12.6. The number of benzene rings is 1. The van der Waals surface area contributed by atoms with Gasteiger partial charge in [-0.05, 0) is 6.07 Å². The van der Waals surface area contributed by atoms with Gasteiger partial charge in [0.2, 0.25) is 0 Å². The zero-order valence-corrected chi connectivity index (χ0v) is 10.0. The number of halogens is 6. The predicted molar refractivity (Wildman–Crippen MR) is 54.4 cm³/mol. The largest absolute Gasteiger partial charge is 0.465 e. The summed E-state index contributed by atoms with van der Waals surface area (Å²) in [5.41, 5.74) is -7.11. The van der Waals surface area contributed by atoms with Gasteiger partial charge >= 0.3 is 18.3 Å². The molecule has 0 bridgehead atoms. The summed E-state index contributed by atoms with van der Waals surface area (Å²) in [6, 6.07) is -0.581. The molecule has 1 aromatic rings. The van der Waals surface area contributed by atoms with Gasteiger partial charge in [0.1, 0.15) is 5.56 Å². The Labute approximate surface area is 112 Å². The van der Waals surface area contributed by atoms with E-state index < -0.39 is 45.6 Å². The molecule has 0 N–H and O–H groups in total. The quantitative estimate of drug-likeness (QED) is 0.363. The van der Waals surface area contributed by atoms with Gasteiger partial charge in [-0.2, -0.15) is 26.3 Å². The molecule has 0 aliphatic heterocycles. The molecule has 0 aliphatic rings. The lowest BCUT2D eigenvalue weighted by atomic mass is 10.0. The van der Waals surface area contributed by atoms with Crippen LogP contribution in [0.2, 0.25) is 0 Å². The number of carbonyl (C=O) groups excluding carboxylic acids is 1. The highest BCUT2D eigenvalue weighted by molar-refractivity contribution is 5.94. The SMILES string of the molecule is COC(=O)c1cc(C(F)(F)F)c(C(F)(F)F)cc1[N+](=O)[O-]. The van der Waals surface area contributed by atoms with Gasteiger partial charge in [0.05, 0.1) is 23.2 Å². The molecule has 0 radical (unpaired) electrons. The molecule has 21 heavy (non-hydrogen) atoms. The zero-order valence-electron chi connectivity index (χ0n) is 10.0. The van der Waals surface area contributed by atoms with E-state index in [1.807, 2.05) is 0 Å². The third kappa shape index (κ3) is 3.41. The smallest absolute Gasteiger partial charge is 0.417 e. The Balaban J connectivity index is 3.79. The van der Waals surface area contributed by atoms with Crippen LogP contribution in [0.1, 0.15) is 21.5 Å². The number of rotatable bonds is 2. The Morgan fingerprint density at radius 2 is 1.52 bits per heavy atom. The number of carbonyl (C=O) groups is 1. The molecule has 5 nitrogen and oxygen atoms in total. The number of nitro benzene ring substituents is 1. The second-order valence-electron chi connectivity index (χ2n) is 3.66. The summed E-state index contributed by atoms with van der Waals surface area (Å²) < 4.78 is 79.7. The number of hydrogen-bond acceptors (Lipinski definition) is 4. The Kier molecular flexibility index (Phi) is 4.16. The van der Waals surface area contributed by atoms with Crippen molar-refractivity contribution in [3.05, 3.63) is 38.9 Å². The van der Waals surface area contributed by atoms with Gasteiger partial charge in [-0.15, -0.1) is 0 Å². The van der Waals surface area contributed by atoms with E-state index in [2.05, 4.69) is 4.74 Å². The Morgan fingerprint density at radius 3 is 1.86 bits per heavy atom. The van der Waals surface area contributed by atoms with Crippen molar-refractivity contribution in [1.82, 2.24) is 0 Å². The van der Waals surface area contributed by atoms with E-state index in [-0.39, 0.29) is 12.1 Å². The lowest BCUT2D eigenvalue weighted by Crippen LogP contribution is -2.19. The van der Waals surface area contributed by atoms with Gasteiger partial charge in [0, 0.05) is 6.07 Å². The van der Waals surface area contributed by atoms with Gasteiger partial charge < -0.3 is 4.74 Å². The van der Waals surface area contributed by atoms with Crippen molar-refractivity contribution in [2.24, 2.45) is 0 Å². The number of nitrogens with zero attached hydrogens (tertiary/aromatic N) is 1. The van der Waals surface area contributed by atoms with Crippen LogP contribution in [-0.2, 0) is 17.1 Å². The van der Waals surface area contributed by atoms with Gasteiger partial charge in [-0.1, -0.05) is 0 Å². The summed E-state index contributed by atoms with van der Waals surface area (Å²) in [5.74, 6) is -1.55. The minimum atomic E-state index is -5.48. The fourth-order valence-electron chi connectivity index (χ4n) is 1.48. The van der Waals surface area contributed by atoms with Crippen LogP contribution >= 0.6 is 0 Å². The second-order valence-corrected chi connectivity index (χ2v) is 3.66. The highest BCUT2D eigenvalue weighted by Crippen LogP contribution is 2.43. The van der Waals surface area contributed by atoms with Crippen molar-refractivity contribution in [3.63, 3.8) is 0 Å². The summed E-state index contributed by atoms with van der Waals surface area (Å²) >= 11 is 0. The first kappa shape index (κ1) is 16.7. The molecule has 1 aromatic carbocycles. The molecular weight excluding hydrogens is 312 g/mol. The second kappa shape index (κ2) is 5.22. The molecule has 0 saturated carbocycles. The highest BCUT2D eigenvalue weighted by Gasteiger charge is 2.45. The Hall–Kier alpha value is -2.33. The van der Waals surface area contributed by atoms with Crippen LogP contribution in [0.4, 0.5) is 32.0 Å². The molecule has 0 atom stereocenters. The zero-order chi connectivity index (χ0) is 16.6. The van der Waals surface area contributed by atoms with E-state index in [4.69, 9.17) is 0 Å². The van der Waals surface area contributed by atoms with E-state index >= 15 is 0 Å².